The first-order valence-electron chi connectivity index (χ1n) is 4.92. The fourth-order valence-corrected chi connectivity index (χ4v) is 1.84. The van der Waals surface area contributed by atoms with Gasteiger partial charge in [-0.05, 0) is 23.6 Å². The number of carboxylic acid groups (broad SMARTS) is 1. The number of rotatable bonds is 2. The molecule has 0 saturated heterocycles. The van der Waals surface area contributed by atoms with Crippen molar-refractivity contribution < 1.29 is 19.8 Å². The maximum absolute atomic E-state index is 11.2. The molecule has 1 aromatic carbocycles. The minimum absolute atomic E-state index is 0.0885. The van der Waals surface area contributed by atoms with E-state index in [0.29, 0.717) is 29.7 Å². The van der Waals surface area contributed by atoms with Crippen molar-refractivity contribution in [1.29, 1.82) is 0 Å². The van der Waals surface area contributed by atoms with Gasteiger partial charge in [0.05, 0.1) is 0 Å². The van der Waals surface area contributed by atoms with E-state index in [2.05, 4.69) is 5.32 Å². The summed E-state index contributed by atoms with van der Waals surface area (Å²) in [5.41, 5.74) is 1.65. The van der Waals surface area contributed by atoms with Crippen molar-refractivity contribution in [3.05, 3.63) is 29.3 Å². The molecule has 0 radical (unpaired) electrons. The van der Waals surface area contributed by atoms with Crippen LogP contribution in [0.4, 0.5) is 5.69 Å². The molecule has 84 valence electrons. The molecular formula is C11H11NO4. The van der Waals surface area contributed by atoms with E-state index >= 15 is 0 Å². The highest BCUT2D eigenvalue weighted by molar-refractivity contribution is 5.94. The number of hydrogen-bond donors (Lipinski definition) is 3. The van der Waals surface area contributed by atoms with Crippen molar-refractivity contribution in [2.45, 2.75) is 18.9 Å². The average Bonchev–Trinajstić information content (AvgIpc) is 2.26. The molecule has 1 aromatic rings. The van der Waals surface area contributed by atoms with E-state index in [0.717, 1.165) is 0 Å². The molecule has 1 aliphatic rings. The van der Waals surface area contributed by atoms with Gasteiger partial charge in [0.2, 0.25) is 5.91 Å². The van der Waals surface area contributed by atoms with Gasteiger partial charge in [-0.25, -0.2) is 4.79 Å². The van der Waals surface area contributed by atoms with Crippen LogP contribution in [0, 0.1) is 0 Å². The lowest BCUT2D eigenvalue weighted by Gasteiger charge is -2.21. The van der Waals surface area contributed by atoms with Gasteiger partial charge < -0.3 is 15.5 Å². The number of amides is 1. The number of carboxylic acids is 1. The van der Waals surface area contributed by atoms with Crippen LogP contribution in [0.5, 0.6) is 0 Å². The second-order valence-electron chi connectivity index (χ2n) is 3.66. The SMILES string of the molecule is O=C1CCc2c(cccc2C(O)C(=O)O)N1. The minimum atomic E-state index is -1.54. The second-order valence-corrected chi connectivity index (χ2v) is 3.66. The number of benzene rings is 1. The third kappa shape index (κ3) is 1.77. The van der Waals surface area contributed by atoms with Crippen molar-refractivity contribution in [1.82, 2.24) is 0 Å². The monoisotopic (exact) mass is 221 g/mol. The highest BCUT2D eigenvalue weighted by atomic mass is 16.4. The summed E-state index contributed by atoms with van der Waals surface area (Å²) in [5.74, 6) is -1.38. The lowest BCUT2D eigenvalue weighted by atomic mass is 9.94. The summed E-state index contributed by atoms with van der Waals surface area (Å²) in [4.78, 5) is 21.9. The number of carbonyl (C=O) groups excluding carboxylic acids is 1. The number of hydrogen-bond acceptors (Lipinski definition) is 3. The summed E-state index contributed by atoms with van der Waals surface area (Å²) >= 11 is 0. The number of aliphatic hydroxyl groups excluding tert-OH is 1. The lowest BCUT2D eigenvalue weighted by Crippen LogP contribution is -2.22. The van der Waals surface area contributed by atoms with Crippen LogP contribution in [0.2, 0.25) is 0 Å². The lowest BCUT2D eigenvalue weighted by molar-refractivity contribution is -0.147. The van der Waals surface area contributed by atoms with Crippen LogP contribution in [0.25, 0.3) is 0 Å². The Morgan fingerprint density at radius 3 is 2.81 bits per heavy atom. The molecular weight excluding hydrogens is 210 g/mol. The van der Waals surface area contributed by atoms with Crippen molar-refractivity contribution in [3.63, 3.8) is 0 Å². The minimum Gasteiger partial charge on any atom is -0.479 e. The Balaban J connectivity index is 2.44. The Morgan fingerprint density at radius 2 is 2.12 bits per heavy atom. The van der Waals surface area contributed by atoms with Crippen molar-refractivity contribution >= 4 is 17.6 Å². The zero-order valence-electron chi connectivity index (χ0n) is 8.43. The van der Waals surface area contributed by atoms with Crippen LogP contribution in [0.1, 0.15) is 23.7 Å². The van der Waals surface area contributed by atoms with Crippen LogP contribution in [0.15, 0.2) is 18.2 Å². The molecule has 1 aliphatic heterocycles. The van der Waals surface area contributed by atoms with Gasteiger partial charge in [-0.15, -0.1) is 0 Å². The van der Waals surface area contributed by atoms with Crippen LogP contribution < -0.4 is 5.32 Å². The first kappa shape index (κ1) is 10.6. The molecule has 3 N–H and O–H groups in total. The number of fused-ring (bicyclic) bond motifs is 1. The van der Waals surface area contributed by atoms with E-state index in [1.54, 1.807) is 18.2 Å². The fourth-order valence-electron chi connectivity index (χ4n) is 1.84. The third-order valence-corrected chi connectivity index (χ3v) is 2.62. The summed E-state index contributed by atoms with van der Waals surface area (Å²) in [6.45, 7) is 0. The number of aliphatic carboxylic acids is 1. The highest BCUT2D eigenvalue weighted by Gasteiger charge is 2.24. The maximum atomic E-state index is 11.2. The molecule has 0 aromatic heterocycles. The predicted molar refractivity (Wildman–Crippen MR) is 56.0 cm³/mol. The summed E-state index contributed by atoms with van der Waals surface area (Å²) < 4.78 is 0. The number of aliphatic hydroxyl groups is 1. The van der Waals surface area contributed by atoms with Crippen LogP contribution in [0.3, 0.4) is 0 Å². The Hall–Kier alpha value is -1.88. The van der Waals surface area contributed by atoms with Crippen molar-refractivity contribution in [3.8, 4) is 0 Å². The quantitative estimate of drug-likeness (QED) is 0.685. The van der Waals surface area contributed by atoms with E-state index in [1.807, 2.05) is 0 Å². The normalized spacial score (nSPS) is 16.2. The van der Waals surface area contributed by atoms with Gasteiger partial charge in [-0.2, -0.15) is 0 Å². The third-order valence-electron chi connectivity index (χ3n) is 2.62. The molecule has 5 nitrogen and oxygen atoms in total. The average molecular weight is 221 g/mol. The molecule has 0 saturated carbocycles. The second kappa shape index (κ2) is 3.94. The number of nitrogens with one attached hydrogen (secondary N) is 1. The van der Waals surface area contributed by atoms with E-state index in [1.165, 1.54) is 0 Å². The Morgan fingerprint density at radius 1 is 1.38 bits per heavy atom. The summed E-state index contributed by atoms with van der Waals surface area (Å²) in [6, 6.07) is 4.88. The topological polar surface area (TPSA) is 86.6 Å². The Bertz CT molecular complexity index is 455. The summed E-state index contributed by atoms with van der Waals surface area (Å²) in [5, 5.41) is 20.9. The predicted octanol–water partition coefficient (Wildman–Crippen LogP) is 0.689. The van der Waals surface area contributed by atoms with E-state index < -0.39 is 12.1 Å². The van der Waals surface area contributed by atoms with E-state index in [-0.39, 0.29) is 5.91 Å². The van der Waals surface area contributed by atoms with E-state index in [4.69, 9.17) is 5.11 Å². The van der Waals surface area contributed by atoms with Gasteiger partial charge in [-0.3, -0.25) is 4.79 Å². The van der Waals surface area contributed by atoms with Gasteiger partial charge in [0, 0.05) is 12.1 Å². The molecule has 0 bridgehead atoms. The zero-order chi connectivity index (χ0) is 11.7. The first-order chi connectivity index (χ1) is 7.59. The van der Waals surface area contributed by atoms with Gasteiger partial charge in [0.15, 0.2) is 6.10 Å². The first-order valence-corrected chi connectivity index (χ1v) is 4.92. The van der Waals surface area contributed by atoms with Crippen LogP contribution >= 0.6 is 0 Å². The Kier molecular flexibility index (Phi) is 2.62. The fraction of sp³-hybridized carbons (Fsp3) is 0.273. The molecule has 16 heavy (non-hydrogen) atoms. The molecule has 1 unspecified atom stereocenters. The Labute approximate surface area is 91.7 Å². The number of anilines is 1. The van der Waals surface area contributed by atoms with Gasteiger partial charge in [0.1, 0.15) is 0 Å². The maximum Gasteiger partial charge on any atom is 0.337 e. The van der Waals surface area contributed by atoms with Crippen molar-refractivity contribution in [2.24, 2.45) is 0 Å². The van der Waals surface area contributed by atoms with Gasteiger partial charge in [0.25, 0.3) is 0 Å². The molecule has 1 atom stereocenters. The van der Waals surface area contributed by atoms with Crippen molar-refractivity contribution in [2.75, 3.05) is 5.32 Å². The largest absolute Gasteiger partial charge is 0.479 e. The zero-order valence-corrected chi connectivity index (χ0v) is 8.43. The van der Waals surface area contributed by atoms with Gasteiger partial charge in [-0.1, -0.05) is 12.1 Å². The molecule has 1 amide bonds. The summed E-state index contributed by atoms with van der Waals surface area (Å²) in [6.07, 6.45) is -0.761. The highest BCUT2D eigenvalue weighted by Crippen LogP contribution is 2.29. The summed E-state index contributed by atoms with van der Waals surface area (Å²) in [7, 11) is 0. The molecule has 0 spiro atoms. The van der Waals surface area contributed by atoms with Crippen LogP contribution in [-0.2, 0) is 16.0 Å². The molecule has 0 aliphatic carbocycles. The molecule has 2 rings (SSSR count). The molecule has 5 heteroatoms. The van der Waals surface area contributed by atoms with E-state index in [9.17, 15) is 14.7 Å². The standard InChI is InChI=1S/C11H11NO4/c13-9-5-4-6-7(10(14)11(15)16)2-1-3-8(6)12-9/h1-3,10,14H,4-5H2,(H,12,13)(H,15,16). The smallest absolute Gasteiger partial charge is 0.337 e. The number of carbonyl (C=O) groups is 2. The molecule has 0 fully saturated rings. The molecule has 1 heterocycles. The van der Waals surface area contributed by atoms with Crippen LogP contribution in [-0.4, -0.2) is 22.1 Å². The van der Waals surface area contributed by atoms with Gasteiger partial charge >= 0.3 is 5.97 Å².